The monoisotopic (exact) mass is 253 g/mol. The maximum Gasteiger partial charge on any atom is 0.251 e. The van der Waals surface area contributed by atoms with Crippen LogP contribution in [0.25, 0.3) is 6.08 Å². The van der Waals surface area contributed by atoms with Crippen LogP contribution < -0.4 is 4.90 Å². The van der Waals surface area contributed by atoms with Crippen molar-refractivity contribution in [3.63, 3.8) is 0 Å². The van der Waals surface area contributed by atoms with Gasteiger partial charge in [0.2, 0.25) is 0 Å². The molecule has 0 radical (unpaired) electrons. The van der Waals surface area contributed by atoms with E-state index in [-0.39, 0.29) is 5.91 Å². The van der Waals surface area contributed by atoms with E-state index < -0.39 is 0 Å². The summed E-state index contributed by atoms with van der Waals surface area (Å²) in [7, 11) is 0. The van der Waals surface area contributed by atoms with E-state index in [0.29, 0.717) is 5.76 Å². The molecule has 1 aromatic heterocycles. The number of aryl methyl sites for hydroxylation is 1. The standard InChI is InChI=1S/C16H15NO2/c1-12-6-7-14(19-12)8-9-16(18)17-11-10-13-4-2-3-5-15(13)17/h2-9H,10-11H2,1H3/b9-8+. The van der Waals surface area contributed by atoms with Crippen LogP contribution in [0.3, 0.4) is 0 Å². The van der Waals surface area contributed by atoms with E-state index in [1.54, 1.807) is 12.2 Å². The van der Waals surface area contributed by atoms with Gasteiger partial charge in [0.1, 0.15) is 11.5 Å². The molecule has 0 fully saturated rings. The van der Waals surface area contributed by atoms with Gasteiger partial charge in [0.15, 0.2) is 0 Å². The first-order chi connectivity index (χ1) is 9.24. The Kier molecular flexibility index (Phi) is 2.95. The molecule has 0 unspecified atom stereocenters. The number of anilines is 1. The Hall–Kier alpha value is -2.29. The van der Waals surface area contributed by atoms with E-state index in [1.807, 2.05) is 42.2 Å². The number of para-hydroxylation sites is 1. The van der Waals surface area contributed by atoms with Crippen LogP contribution in [-0.2, 0) is 11.2 Å². The zero-order chi connectivity index (χ0) is 13.2. The minimum atomic E-state index is -0.000923. The SMILES string of the molecule is Cc1ccc(/C=C/C(=O)N2CCc3ccccc32)o1. The van der Waals surface area contributed by atoms with Crippen LogP contribution in [0.4, 0.5) is 5.69 Å². The van der Waals surface area contributed by atoms with E-state index >= 15 is 0 Å². The fraction of sp³-hybridized carbons (Fsp3) is 0.188. The van der Waals surface area contributed by atoms with Crippen molar-refractivity contribution < 1.29 is 9.21 Å². The van der Waals surface area contributed by atoms with Gasteiger partial charge < -0.3 is 9.32 Å². The largest absolute Gasteiger partial charge is 0.462 e. The Labute approximate surface area is 112 Å². The molecule has 1 aliphatic rings. The number of benzene rings is 1. The van der Waals surface area contributed by atoms with Gasteiger partial charge in [-0.1, -0.05) is 18.2 Å². The first-order valence-corrected chi connectivity index (χ1v) is 6.38. The lowest BCUT2D eigenvalue weighted by Crippen LogP contribution is -2.26. The first-order valence-electron chi connectivity index (χ1n) is 6.38. The molecule has 3 rings (SSSR count). The number of hydrogen-bond donors (Lipinski definition) is 0. The van der Waals surface area contributed by atoms with E-state index in [4.69, 9.17) is 4.42 Å². The van der Waals surface area contributed by atoms with Crippen LogP contribution >= 0.6 is 0 Å². The molecule has 3 heteroatoms. The van der Waals surface area contributed by atoms with Gasteiger partial charge in [-0.3, -0.25) is 4.79 Å². The lowest BCUT2D eigenvalue weighted by molar-refractivity contribution is -0.114. The number of carbonyl (C=O) groups is 1. The van der Waals surface area contributed by atoms with Crippen molar-refractivity contribution in [3.05, 3.63) is 59.6 Å². The highest BCUT2D eigenvalue weighted by atomic mass is 16.3. The summed E-state index contributed by atoms with van der Waals surface area (Å²) in [5.41, 5.74) is 2.26. The molecule has 1 aliphatic heterocycles. The van der Waals surface area contributed by atoms with Crippen molar-refractivity contribution >= 4 is 17.7 Å². The van der Waals surface area contributed by atoms with Crippen molar-refractivity contribution in [2.24, 2.45) is 0 Å². The second kappa shape index (κ2) is 4.76. The maximum absolute atomic E-state index is 12.2. The summed E-state index contributed by atoms with van der Waals surface area (Å²) in [5.74, 6) is 1.55. The summed E-state index contributed by atoms with van der Waals surface area (Å²) < 4.78 is 5.41. The second-order valence-electron chi connectivity index (χ2n) is 4.65. The van der Waals surface area contributed by atoms with Crippen LogP contribution in [0.1, 0.15) is 17.1 Å². The third-order valence-electron chi connectivity index (χ3n) is 3.30. The molecule has 0 N–H and O–H groups in total. The fourth-order valence-electron chi connectivity index (χ4n) is 2.35. The molecule has 0 spiro atoms. The van der Waals surface area contributed by atoms with Crippen molar-refractivity contribution in [2.45, 2.75) is 13.3 Å². The molecule has 0 aliphatic carbocycles. The first kappa shape index (κ1) is 11.8. The predicted octanol–water partition coefficient (Wildman–Crippen LogP) is 3.19. The van der Waals surface area contributed by atoms with Crippen LogP contribution in [0.2, 0.25) is 0 Å². The van der Waals surface area contributed by atoms with Crippen LogP contribution in [-0.4, -0.2) is 12.5 Å². The molecule has 0 bridgehead atoms. The predicted molar refractivity (Wildman–Crippen MR) is 75.0 cm³/mol. The van der Waals surface area contributed by atoms with E-state index in [9.17, 15) is 4.79 Å². The van der Waals surface area contributed by atoms with Gasteiger partial charge in [-0.25, -0.2) is 0 Å². The summed E-state index contributed by atoms with van der Waals surface area (Å²) in [4.78, 5) is 14.0. The highest BCUT2D eigenvalue weighted by molar-refractivity contribution is 6.04. The summed E-state index contributed by atoms with van der Waals surface area (Å²) in [6.07, 6.45) is 4.21. The maximum atomic E-state index is 12.2. The normalized spacial score (nSPS) is 14.1. The Bertz CT molecular complexity index is 640. The topological polar surface area (TPSA) is 33.5 Å². The van der Waals surface area contributed by atoms with Gasteiger partial charge in [0, 0.05) is 18.3 Å². The summed E-state index contributed by atoms with van der Waals surface area (Å²) in [6.45, 7) is 2.63. The third kappa shape index (κ3) is 2.32. The highest BCUT2D eigenvalue weighted by Gasteiger charge is 2.22. The third-order valence-corrected chi connectivity index (χ3v) is 3.30. The molecule has 2 heterocycles. The molecule has 2 aromatic rings. The molecule has 19 heavy (non-hydrogen) atoms. The average Bonchev–Trinajstić information content (AvgIpc) is 3.02. The molecule has 0 atom stereocenters. The minimum Gasteiger partial charge on any atom is -0.462 e. The van der Waals surface area contributed by atoms with Crippen molar-refractivity contribution in [1.29, 1.82) is 0 Å². The highest BCUT2D eigenvalue weighted by Crippen LogP contribution is 2.27. The number of nitrogens with zero attached hydrogens (tertiary/aromatic N) is 1. The number of rotatable bonds is 2. The summed E-state index contributed by atoms with van der Waals surface area (Å²) in [6, 6.07) is 11.8. The number of amides is 1. The summed E-state index contributed by atoms with van der Waals surface area (Å²) >= 11 is 0. The molecule has 3 nitrogen and oxygen atoms in total. The van der Waals surface area contributed by atoms with Crippen LogP contribution in [0.5, 0.6) is 0 Å². The van der Waals surface area contributed by atoms with Gasteiger partial charge in [0.05, 0.1) is 0 Å². The van der Waals surface area contributed by atoms with Gasteiger partial charge in [-0.15, -0.1) is 0 Å². The quantitative estimate of drug-likeness (QED) is 0.770. The molecule has 1 aromatic carbocycles. The van der Waals surface area contributed by atoms with E-state index in [1.165, 1.54) is 5.56 Å². The van der Waals surface area contributed by atoms with E-state index in [2.05, 4.69) is 6.07 Å². The van der Waals surface area contributed by atoms with Gasteiger partial charge in [-0.05, 0) is 43.2 Å². The zero-order valence-corrected chi connectivity index (χ0v) is 10.8. The van der Waals surface area contributed by atoms with Gasteiger partial charge in [0.25, 0.3) is 5.91 Å². The zero-order valence-electron chi connectivity index (χ0n) is 10.8. The molecule has 0 saturated heterocycles. The molecular weight excluding hydrogens is 238 g/mol. The Morgan fingerprint density at radius 3 is 2.89 bits per heavy atom. The van der Waals surface area contributed by atoms with Crippen LogP contribution in [0.15, 0.2) is 46.9 Å². The number of hydrogen-bond acceptors (Lipinski definition) is 2. The van der Waals surface area contributed by atoms with Crippen molar-refractivity contribution in [1.82, 2.24) is 0 Å². The molecule has 1 amide bonds. The van der Waals surface area contributed by atoms with Crippen molar-refractivity contribution in [2.75, 3.05) is 11.4 Å². The molecule has 96 valence electrons. The minimum absolute atomic E-state index is 0.000923. The Balaban J connectivity index is 1.77. The molecular formula is C16H15NO2. The van der Waals surface area contributed by atoms with Gasteiger partial charge >= 0.3 is 0 Å². The summed E-state index contributed by atoms with van der Waals surface area (Å²) in [5, 5.41) is 0. The second-order valence-corrected chi connectivity index (χ2v) is 4.65. The lowest BCUT2D eigenvalue weighted by atomic mass is 10.2. The Morgan fingerprint density at radius 2 is 2.11 bits per heavy atom. The van der Waals surface area contributed by atoms with Gasteiger partial charge in [-0.2, -0.15) is 0 Å². The smallest absolute Gasteiger partial charge is 0.251 e. The number of carbonyl (C=O) groups excluding carboxylic acids is 1. The van der Waals surface area contributed by atoms with Crippen LogP contribution in [0, 0.1) is 6.92 Å². The number of fused-ring (bicyclic) bond motifs is 1. The van der Waals surface area contributed by atoms with E-state index in [0.717, 1.165) is 24.4 Å². The Morgan fingerprint density at radius 1 is 1.26 bits per heavy atom. The molecule has 0 saturated carbocycles. The lowest BCUT2D eigenvalue weighted by Gasteiger charge is -2.14. The van der Waals surface area contributed by atoms with Crippen molar-refractivity contribution in [3.8, 4) is 0 Å². The fourth-order valence-corrected chi connectivity index (χ4v) is 2.35. The average molecular weight is 253 g/mol. The number of furan rings is 1.